The third-order valence-electron chi connectivity index (χ3n) is 5.42. The smallest absolute Gasteiger partial charge is 0.262 e. The Balaban J connectivity index is 2.10. The number of anilines is 1. The molecule has 198 valence electrons. The minimum Gasteiger partial charge on any atom is -0.504 e. The van der Waals surface area contributed by atoms with Gasteiger partial charge in [0, 0.05) is 11.6 Å². The number of nitrogens with one attached hydrogen (secondary N) is 1. The molecule has 0 saturated heterocycles. The van der Waals surface area contributed by atoms with Crippen molar-refractivity contribution in [2.24, 2.45) is 0 Å². The lowest BCUT2D eigenvalue weighted by Crippen LogP contribution is -2.15. The highest BCUT2D eigenvalue weighted by Crippen LogP contribution is 2.42. The Morgan fingerprint density at radius 1 is 0.676 bits per heavy atom. The highest BCUT2D eigenvalue weighted by atomic mass is 32.2. The Labute approximate surface area is 216 Å². The fourth-order valence-corrected chi connectivity index (χ4v) is 4.71. The zero-order valence-corrected chi connectivity index (χ0v) is 22.1. The van der Waals surface area contributed by atoms with Gasteiger partial charge in [-0.25, -0.2) is 8.42 Å². The van der Waals surface area contributed by atoms with Crippen molar-refractivity contribution < 1.29 is 41.9 Å². The molecule has 10 nitrogen and oxygen atoms in total. The number of hydrogen-bond donors (Lipinski definition) is 2. The van der Waals surface area contributed by atoms with E-state index in [1.807, 2.05) is 0 Å². The SMILES string of the molecule is COc1ccc(S(=O)(=O)Nc2c(C=Cc3cc(OC)c(OC)c(OC)c3)ccc(OC)c2OC)cc1O. The van der Waals surface area contributed by atoms with E-state index >= 15 is 0 Å². The topological polar surface area (TPSA) is 122 Å². The molecule has 0 atom stereocenters. The molecule has 0 aliphatic heterocycles. The second kappa shape index (κ2) is 11.7. The summed E-state index contributed by atoms with van der Waals surface area (Å²) < 4.78 is 61.1. The first-order valence-corrected chi connectivity index (χ1v) is 12.3. The molecule has 3 rings (SSSR count). The highest BCUT2D eigenvalue weighted by Gasteiger charge is 2.22. The Bertz CT molecular complexity index is 1380. The molecule has 3 aromatic carbocycles. The van der Waals surface area contributed by atoms with Gasteiger partial charge in [0.2, 0.25) is 5.75 Å². The van der Waals surface area contributed by atoms with Crippen LogP contribution >= 0.6 is 0 Å². The van der Waals surface area contributed by atoms with Crippen LogP contribution in [0.1, 0.15) is 11.1 Å². The van der Waals surface area contributed by atoms with Crippen molar-refractivity contribution in [1.82, 2.24) is 0 Å². The summed E-state index contributed by atoms with van der Waals surface area (Å²) in [5.41, 5.74) is 1.33. The van der Waals surface area contributed by atoms with Crippen molar-refractivity contribution in [3.8, 4) is 40.2 Å². The maximum Gasteiger partial charge on any atom is 0.262 e. The van der Waals surface area contributed by atoms with Crippen molar-refractivity contribution in [2.45, 2.75) is 4.90 Å². The van der Waals surface area contributed by atoms with Gasteiger partial charge in [0.15, 0.2) is 34.5 Å². The Morgan fingerprint density at radius 2 is 1.24 bits per heavy atom. The van der Waals surface area contributed by atoms with Gasteiger partial charge in [-0.3, -0.25) is 4.72 Å². The molecule has 11 heteroatoms. The number of sulfonamides is 1. The second-order valence-corrected chi connectivity index (χ2v) is 9.18. The fraction of sp³-hybridized carbons (Fsp3) is 0.231. The van der Waals surface area contributed by atoms with Crippen LogP contribution in [0.3, 0.4) is 0 Å². The predicted molar refractivity (Wildman–Crippen MR) is 140 cm³/mol. The van der Waals surface area contributed by atoms with Crippen LogP contribution in [0.4, 0.5) is 5.69 Å². The number of phenolic OH excluding ortho intramolecular Hbond substituents is 1. The molecule has 37 heavy (non-hydrogen) atoms. The summed E-state index contributed by atoms with van der Waals surface area (Å²) in [6.45, 7) is 0. The van der Waals surface area contributed by atoms with Crippen molar-refractivity contribution >= 4 is 27.9 Å². The molecule has 0 bridgehead atoms. The van der Waals surface area contributed by atoms with Crippen molar-refractivity contribution in [3.05, 3.63) is 53.6 Å². The van der Waals surface area contributed by atoms with Crippen LogP contribution in [0.25, 0.3) is 12.2 Å². The van der Waals surface area contributed by atoms with E-state index in [9.17, 15) is 13.5 Å². The van der Waals surface area contributed by atoms with Gasteiger partial charge in [-0.15, -0.1) is 0 Å². The molecule has 0 spiro atoms. The summed E-state index contributed by atoms with van der Waals surface area (Å²) in [7, 11) is 4.62. The first-order chi connectivity index (χ1) is 17.7. The molecule has 0 amide bonds. The van der Waals surface area contributed by atoms with Gasteiger partial charge in [-0.05, 0) is 42.0 Å². The minimum atomic E-state index is -4.15. The van der Waals surface area contributed by atoms with Crippen molar-refractivity contribution in [2.75, 3.05) is 47.4 Å². The standard InChI is InChI=1S/C26H29NO9S/c1-31-20-12-10-18(15-19(20)28)37(29,30)27-24-17(9-11-21(32-2)26(24)36-6)8-7-16-13-22(33-3)25(35-5)23(14-16)34-4/h7-15,27-28H,1-6H3. The number of benzene rings is 3. The number of methoxy groups -OCH3 is 6. The number of phenols is 1. The summed E-state index contributed by atoms with van der Waals surface area (Å²) >= 11 is 0. The molecule has 0 unspecified atom stereocenters. The highest BCUT2D eigenvalue weighted by molar-refractivity contribution is 7.92. The summed E-state index contributed by atoms with van der Waals surface area (Å²) in [4.78, 5) is -0.171. The van der Waals surface area contributed by atoms with E-state index in [1.54, 1.807) is 36.4 Å². The van der Waals surface area contributed by atoms with Crippen LogP contribution in [-0.2, 0) is 10.0 Å². The molecule has 0 aliphatic carbocycles. The summed E-state index contributed by atoms with van der Waals surface area (Å²) in [5.74, 6) is 1.71. The lowest BCUT2D eigenvalue weighted by atomic mass is 10.1. The van der Waals surface area contributed by atoms with Crippen LogP contribution in [0, 0.1) is 0 Å². The normalized spacial score (nSPS) is 11.2. The van der Waals surface area contributed by atoms with Gasteiger partial charge >= 0.3 is 0 Å². The van der Waals surface area contributed by atoms with Gasteiger partial charge < -0.3 is 33.5 Å². The first-order valence-electron chi connectivity index (χ1n) is 10.9. The van der Waals surface area contributed by atoms with Crippen LogP contribution in [0.5, 0.6) is 40.2 Å². The van der Waals surface area contributed by atoms with Crippen molar-refractivity contribution in [1.29, 1.82) is 0 Å². The number of rotatable bonds is 11. The quantitative estimate of drug-likeness (QED) is 0.346. The molecule has 0 aromatic heterocycles. The van der Waals surface area contributed by atoms with E-state index in [0.29, 0.717) is 34.1 Å². The monoisotopic (exact) mass is 531 g/mol. The van der Waals surface area contributed by atoms with Crippen LogP contribution in [0.15, 0.2) is 47.4 Å². The zero-order chi connectivity index (χ0) is 27.2. The molecule has 2 N–H and O–H groups in total. The summed E-state index contributed by atoms with van der Waals surface area (Å²) in [6, 6.07) is 10.6. The zero-order valence-electron chi connectivity index (χ0n) is 21.3. The minimum absolute atomic E-state index is 0.140. The van der Waals surface area contributed by atoms with E-state index in [-0.39, 0.29) is 27.8 Å². The van der Waals surface area contributed by atoms with Gasteiger partial charge in [-0.2, -0.15) is 0 Å². The molecule has 0 heterocycles. The van der Waals surface area contributed by atoms with Crippen LogP contribution in [0.2, 0.25) is 0 Å². The van der Waals surface area contributed by atoms with E-state index in [2.05, 4.69) is 4.72 Å². The van der Waals surface area contributed by atoms with E-state index in [0.717, 1.165) is 6.07 Å². The first kappa shape index (κ1) is 27.3. The largest absolute Gasteiger partial charge is 0.504 e. The number of aromatic hydroxyl groups is 1. The summed E-state index contributed by atoms with van der Waals surface area (Å²) in [5, 5.41) is 10.1. The van der Waals surface area contributed by atoms with E-state index in [1.165, 1.54) is 54.8 Å². The number of hydrogen-bond acceptors (Lipinski definition) is 9. The van der Waals surface area contributed by atoms with Gasteiger partial charge in [0.1, 0.15) is 5.69 Å². The van der Waals surface area contributed by atoms with Gasteiger partial charge in [-0.1, -0.05) is 12.2 Å². The Kier molecular flexibility index (Phi) is 8.61. The maximum absolute atomic E-state index is 13.3. The molecule has 0 radical (unpaired) electrons. The third-order valence-corrected chi connectivity index (χ3v) is 6.76. The molecule has 0 aliphatic rings. The predicted octanol–water partition coefficient (Wildman–Crippen LogP) is 4.42. The molecule has 0 fully saturated rings. The third kappa shape index (κ3) is 5.78. The van der Waals surface area contributed by atoms with Gasteiger partial charge in [0.25, 0.3) is 10.0 Å². The van der Waals surface area contributed by atoms with Crippen LogP contribution < -0.4 is 33.1 Å². The average molecular weight is 532 g/mol. The molecular formula is C26H29NO9S. The van der Waals surface area contributed by atoms with E-state index in [4.69, 9.17) is 28.4 Å². The Hall–Kier alpha value is -4.25. The second-order valence-electron chi connectivity index (χ2n) is 7.50. The molecule has 3 aromatic rings. The molecule has 0 saturated carbocycles. The lowest BCUT2D eigenvalue weighted by Gasteiger charge is -2.17. The molecular weight excluding hydrogens is 502 g/mol. The Morgan fingerprint density at radius 3 is 1.76 bits per heavy atom. The van der Waals surface area contributed by atoms with Crippen molar-refractivity contribution in [3.63, 3.8) is 0 Å². The average Bonchev–Trinajstić information content (AvgIpc) is 2.90. The van der Waals surface area contributed by atoms with E-state index < -0.39 is 10.0 Å². The maximum atomic E-state index is 13.3. The number of ether oxygens (including phenoxy) is 6. The summed E-state index contributed by atoms with van der Waals surface area (Å²) in [6.07, 6.45) is 3.45. The van der Waals surface area contributed by atoms with Gasteiger partial charge in [0.05, 0.1) is 47.6 Å². The lowest BCUT2D eigenvalue weighted by molar-refractivity contribution is 0.324. The van der Waals surface area contributed by atoms with Crippen LogP contribution in [-0.4, -0.2) is 56.2 Å². The fourth-order valence-electron chi connectivity index (χ4n) is 3.60.